The van der Waals surface area contributed by atoms with Crippen LogP contribution in [0.3, 0.4) is 0 Å². The van der Waals surface area contributed by atoms with E-state index < -0.39 is 10.7 Å². The summed E-state index contributed by atoms with van der Waals surface area (Å²) in [6.45, 7) is 4.00. The summed E-state index contributed by atoms with van der Waals surface area (Å²) in [4.78, 5) is 28.5. The lowest BCUT2D eigenvalue weighted by molar-refractivity contribution is -0.128. The number of fused-ring (bicyclic) bond motifs is 1. The molecule has 1 aliphatic rings. The van der Waals surface area contributed by atoms with Gasteiger partial charge in [0.15, 0.2) is 4.75 Å². The monoisotopic (exact) mass is 394 g/mol. The summed E-state index contributed by atoms with van der Waals surface area (Å²) >= 11 is 13.3. The van der Waals surface area contributed by atoms with E-state index >= 15 is 0 Å². The molecule has 1 unspecified atom stereocenters. The molecule has 1 atom stereocenters. The molecule has 0 fully saturated rings. The summed E-state index contributed by atoms with van der Waals surface area (Å²) in [6, 6.07) is 12.4. The molecule has 0 bridgehead atoms. The van der Waals surface area contributed by atoms with Crippen LogP contribution in [0, 0.1) is 0 Å². The van der Waals surface area contributed by atoms with E-state index in [0.717, 1.165) is 10.6 Å². The number of anilines is 2. The number of carbonyl (C=O) groups is 2. The second kappa shape index (κ2) is 6.90. The molecule has 1 aliphatic heterocycles. The first kappa shape index (κ1) is 18.1. The van der Waals surface area contributed by atoms with Crippen LogP contribution in [0.5, 0.6) is 0 Å². The Morgan fingerprint density at radius 3 is 2.68 bits per heavy atom. The number of hydrogen-bond donors (Lipinski definition) is 1. The molecular formula is C18H16Cl2N2O2S. The van der Waals surface area contributed by atoms with Gasteiger partial charge in [-0.3, -0.25) is 9.59 Å². The number of nitrogens with zero attached hydrogens (tertiary/aromatic N) is 1. The molecular weight excluding hydrogens is 379 g/mol. The predicted octanol–water partition coefficient (Wildman–Crippen LogP) is 4.85. The van der Waals surface area contributed by atoms with Crippen molar-refractivity contribution in [3.8, 4) is 0 Å². The molecule has 3 rings (SSSR count). The Morgan fingerprint density at radius 2 is 1.96 bits per heavy atom. The predicted molar refractivity (Wildman–Crippen MR) is 104 cm³/mol. The number of halogens is 2. The molecule has 1 N–H and O–H groups in total. The highest BCUT2D eigenvalue weighted by Crippen LogP contribution is 2.45. The quantitative estimate of drug-likeness (QED) is 0.756. The largest absolute Gasteiger partial charge is 0.323 e. The van der Waals surface area contributed by atoms with Gasteiger partial charge in [0.25, 0.3) is 5.91 Å². The molecule has 0 aromatic heterocycles. The van der Waals surface area contributed by atoms with Crippen LogP contribution in [0.2, 0.25) is 10.0 Å². The fourth-order valence-corrected chi connectivity index (χ4v) is 4.24. The van der Waals surface area contributed by atoms with Crippen LogP contribution in [0.4, 0.5) is 11.4 Å². The Balaban J connectivity index is 1.96. The van der Waals surface area contributed by atoms with Gasteiger partial charge in [-0.05, 0) is 44.2 Å². The second-order valence-corrected chi connectivity index (χ2v) is 8.03. The lowest BCUT2D eigenvalue weighted by atomic mass is 10.1. The number of nitrogens with one attached hydrogen (secondary N) is 1. The minimum atomic E-state index is -1.30. The van der Waals surface area contributed by atoms with Gasteiger partial charge >= 0.3 is 0 Å². The van der Waals surface area contributed by atoms with Gasteiger partial charge in [0.2, 0.25) is 5.91 Å². The Hall–Kier alpha value is -1.69. The highest BCUT2D eigenvalue weighted by Gasteiger charge is 2.49. The Bertz CT molecular complexity index is 859. The van der Waals surface area contributed by atoms with Crippen LogP contribution in [-0.4, -0.2) is 23.1 Å². The number of hydrogen-bond acceptors (Lipinski definition) is 3. The number of rotatable bonds is 3. The van der Waals surface area contributed by atoms with E-state index in [1.54, 1.807) is 30.0 Å². The summed E-state index contributed by atoms with van der Waals surface area (Å²) in [5, 5.41) is 3.56. The van der Waals surface area contributed by atoms with Gasteiger partial charge in [-0.15, -0.1) is 0 Å². The molecule has 2 aromatic carbocycles. The lowest BCUT2D eigenvalue weighted by Crippen LogP contribution is -2.54. The Kier molecular flexibility index (Phi) is 5.00. The normalized spacial score (nSPS) is 19.5. The standard InChI is InChI=1S/C18H16Cl2N2O2S/c1-3-22-14-6-4-5-7-15(14)25-18(2,17(22)24)16(23)21-13-10-11(19)8-9-12(13)20/h4-10H,3H2,1-2H3,(H,21,23). The number of thioether (sulfide) groups is 1. The van der Waals surface area contributed by atoms with E-state index in [9.17, 15) is 9.59 Å². The number of para-hydroxylation sites is 1. The summed E-state index contributed by atoms with van der Waals surface area (Å²) in [5.41, 5.74) is 1.21. The van der Waals surface area contributed by atoms with Crippen LogP contribution >= 0.6 is 35.0 Å². The first-order valence-electron chi connectivity index (χ1n) is 7.73. The first-order valence-corrected chi connectivity index (χ1v) is 9.30. The molecule has 0 spiro atoms. The molecule has 0 saturated carbocycles. The van der Waals surface area contributed by atoms with Crippen molar-refractivity contribution in [3.05, 3.63) is 52.5 Å². The Morgan fingerprint density at radius 1 is 1.24 bits per heavy atom. The zero-order valence-corrected chi connectivity index (χ0v) is 16.0. The van der Waals surface area contributed by atoms with E-state index in [2.05, 4.69) is 5.32 Å². The van der Waals surface area contributed by atoms with Crippen molar-refractivity contribution in [2.45, 2.75) is 23.5 Å². The van der Waals surface area contributed by atoms with E-state index in [1.807, 2.05) is 31.2 Å². The topological polar surface area (TPSA) is 49.4 Å². The third-order valence-corrected chi connectivity index (χ3v) is 5.95. The second-order valence-electron chi connectivity index (χ2n) is 5.73. The van der Waals surface area contributed by atoms with Crippen LogP contribution in [0.25, 0.3) is 0 Å². The summed E-state index contributed by atoms with van der Waals surface area (Å²) in [6.07, 6.45) is 0. The zero-order valence-electron chi connectivity index (χ0n) is 13.7. The van der Waals surface area contributed by atoms with Crippen molar-refractivity contribution in [1.82, 2.24) is 0 Å². The van der Waals surface area contributed by atoms with Gasteiger partial charge in [-0.25, -0.2) is 0 Å². The minimum Gasteiger partial charge on any atom is -0.323 e. The average molecular weight is 395 g/mol. The van der Waals surface area contributed by atoms with E-state index in [0.29, 0.717) is 22.3 Å². The highest BCUT2D eigenvalue weighted by molar-refractivity contribution is 8.02. The SMILES string of the molecule is CCN1C(=O)C(C)(C(=O)Nc2cc(Cl)ccc2Cl)Sc2ccccc21. The van der Waals surface area contributed by atoms with E-state index in [1.165, 1.54) is 11.8 Å². The molecule has 25 heavy (non-hydrogen) atoms. The number of amides is 2. The van der Waals surface area contributed by atoms with E-state index in [4.69, 9.17) is 23.2 Å². The molecule has 0 saturated heterocycles. The van der Waals surface area contributed by atoms with Gasteiger partial charge in [0.1, 0.15) is 0 Å². The first-order chi connectivity index (χ1) is 11.9. The van der Waals surface area contributed by atoms with Crippen LogP contribution < -0.4 is 10.2 Å². The van der Waals surface area contributed by atoms with Crippen molar-refractivity contribution >= 4 is 58.2 Å². The minimum absolute atomic E-state index is 0.255. The van der Waals surface area contributed by atoms with Gasteiger partial charge in [-0.1, -0.05) is 47.1 Å². The van der Waals surface area contributed by atoms with Gasteiger partial charge < -0.3 is 10.2 Å². The van der Waals surface area contributed by atoms with Gasteiger partial charge in [0.05, 0.1) is 16.4 Å². The fraction of sp³-hybridized carbons (Fsp3) is 0.222. The smallest absolute Gasteiger partial charge is 0.252 e. The number of benzene rings is 2. The van der Waals surface area contributed by atoms with Crippen molar-refractivity contribution in [1.29, 1.82) is 0 Å². The molecule has 130 valence electrons. The maximum atomic E-state index is 13.0. The maximum Gasteiger partial charge on any atom is 0.252 e. The molecule has 0 radical (unpaired) electrons. The molecule has 0 aliphatic carbocycles. The highest BCUT2D eigenvalue weighted by atomic mass is 35.5. The number of carbonyl (C=O) groups excluding carboxylic acids is 2. The lowest BCUT2D eigenvalue weighted by Gasteiger charge is -2.38. The third-order valence-electron chi connectivity index (χ3n) is 4.05. The van der Waals surface area contributed by atoms with Crippen molar-refractivity contribution in [2.24, 2.45) is 0 Å². The summed E-state index contributed by atoms with van der Waals surface area (Å²) in [7, 11) is 0. The van der Waals surface area contributed by atoms with Crippen molar-refractivity contribution in [3.63, 3.8) is 0 Å². The molecule has 2 aromatic rings. The van der Waals surface area contributed by atoms with E-state index in [-0.39, 0.29) is 5.91 Å². The zero-order chi connectivity index (χ0) is 18.2. The average Bonchev–Trinajstić information content (AvgIpc) is 2.59. The molecule has 2 amide bonds. The Labute approximate surface area is 160 Å². The van der Waals surface area contributed by atoms with Crippen LogP contribution in [0.15, 0.2) is 47.4 Å². The molecule has 4 nitrogen and oxygen atoms in total. The summed E-state index contributed by atoms with van der Waals surface area (Å²) in [5.74, 6) is -0.686. The van der Waals surface area contributed by atoms with Crippen LogP contribution in [-0.2, 0) is 9.59 Å². The van der Waals surface area contributed by atoms with Crippen molar-refractivity contribution < 1.29 is 9.59 Å². The van der Waals surface area contributed by atoms with Crippen LogP contribution in [0.1, 0.15) is 13.8 Å². The van der Waals surface area contributed by atoms with Gasteiger partial charge in [-0.2, -0.15) is 0 Å². The molecule has 1 heterocycles. The fourth-order valence-electron chi connectivity index (χ4n) is 2.69. The summed E-state index contributed by atoms with van der Waals surface area (Å²) < 4.78 is -1.30. The van der Waals surface area contributed by atoms with Crippen molar-refractivity contribution in [2.75, 3.05) is 16.8 Å². The third kappa shape index (κ3) is 3.24. The van der Waals surface area contributed by atoms with Gasteiger partial charge in [0, 0.05) is 16.5 Å². The molecule has 7 heteroatoms. The maximum absolute atomic E-state index is 13.0.